The Kier molecular flexibility index (Phi) is 5.86. The highest BCUT2D eigenvalue weighted by Gasteiger charge is 2.42. The average molecular weight is 524 g/mol. The number of hydrogen-bond acceptors (Lipinski definition) is 4. The Morgan fingerprint density at radius 3 is 2.73 bits per heavy atom. The van der Waals surface area contributed by atoms with Crippen LogP contribution in [0.4, 0.5) is 10.1 Å². The van der Waals surface area contributed by atoms with E-state index in [1.54, 1.807) is 19.4 Å². The topological polar surface area (TPSA) is 50.5 Å². The molecule has 5 nitrogen and oxygen atoms in total. The Morgan fingerprint density at radius 2 is 1.97 bits per heavy atom. The molecule has 0 saturated carbocycles. The number of halogens is 2. The molecule has 3 heterocycles. The van der Waals surface area contributed by atoms with Gasteiger partial charge in [0.2, 0.25) is 0 Å². The Balaban J connectivity index is 1.61. The molecule has 8 heteroatoms. The fourth-order valence-electron chi connectivity index (χ4n) is 4.03. The molecule has 0 radical (unpaired) electrons. The Bertz CT molecular complexity index is 1310. The van der Waals surface area contributed by atoms with Gasteiger partial charge in [-0.2, -0.15) is 0 Å². The molecule has 2 aromatic carbocycles. The van der Waals surface area contributed by atoms with Gasteiger partial charge in [0, 0.05) is 28.0 Å². The molecule has 2 atom stereocenters. The molecule has 1 N–H and O–H groups in total. The summed E-state index contributed by atoms with van der Waals surface area (Å²) in [5, 5.41) is 3.97. The Morgan fingerprint density at radius 1 is 1.09 bits per heavy atom. The van der Waals surface area contributed by atoms with Gasteiger partial charge in [0.15, 0.2) is 5.11 Å². The summed E-state index contributed by atoms with van der Waals surface area (Å²) in [6.07, 6.45) is 1.76. The number of nitrogens with zero attached hydrogens (tertiary/aromatic N) is 2. The van der Waals surface area contributed by atoms with Crippen molar-refractivity contribution in [1.82, 2.24) is 10.3 Å². The number of methoxy groups -OCH3 is 1. The van der Waals surface area contributed by atoms with Crippen LogP contribution < -0.4 is 15.0 Å². The van der Waals surface area contributed by atoms with E-state index in [1.807, 2.05) is 59.5 Å². The number of hydrogen-bond donors (Lipinski definition) is 1. The lowest BCUT2D eigenvalue weighted by Gasteiger charge is -2.26. The second-order valence-electron chi connectivity index (χ2n) is 7.52. The van der Waals surface area contributed by atoms with Crippen LogP contribution in [0.5, 0.6) is 5.75 Å². The molecule has 1 aliphatic heterocycles. The number of benzene rings is 2. The van der Waals surface area contributed by atoms with Crippen molar-refractivity contribution >= 4 is 38.9 Å². The van der Waals surface area contributed by atoms with Crippen molar-refractivity contribution < 1.29 is 13.5 Å². The first-order valence-corrected chi connectivity index (χ1v) is 11.4. The lowest BCUT2D eigenvalue weighted by molar-refractivity contribution is 0.414. The minimum Gasteiger partial charge on any atom is -0.497 e. The smallest absolute Gasteiger partial charge is 0.174 e. The van der Waals surface area contributed by atoms with E-state index in [2.05, 4.69) is 26.2 Å². The Labute approximate surface area is 204 Å². The van der Waals surface area contributed by atoms with Gasteiger partial charge in [-0.3, -0.25) is 4.98 Å². The van der Waals surface area contributed by atoms with Crippen LogP contribution in [-0.2, 0) is 0 Å². The van der Waals surface area contributed by atoms with Crippen molar-refractivity contribution in [3.8, 4) is 17.1 Å². The first-order valence-electron chi connectivity index (χ1n) is 10.2. The molecular formula is C25H19BrFN3O2S. The van der Waals surface area contributed by atoms with Gasteiger partial charge in [0.1, 0.15) is 29.1 Å². The molecule has 0 amide bonds. The number of nitrogens with one attached hydrogen (secondary N) is 1. The molecule has 1 aliphatic rings. The van der Waals surface area contributed by atoms with Gasteiger partial charge in [0.05, 0.1) is 18.8 Å². The zero-order valence-electron chi connectivity index (χ0n) is 17.5. The quantitative estimate of drug-likeness (QED) is 0.304. The maximum absolute atomic E-state index is 13.6. The fourth-order valence-corrected chi connectivity index (χ4v) is 4.92. The van der Waals surface area contributed by atoms with E-state index >= 15 is 0 Å². The summed E-state index contributed by atoms with van der Waals surface area (Å²) in [7, 11) is 1.63. The zero-order valence-corrected chi connectivity index (χ0v) is 19.9. The number of aromatic nitrogens is 1. The molecule has 4 aromatic rings. The van der Waals surface area contributed by atoms with Crippen molar-refractivity contribution in [3.05, 3.63) is 101 Å². The van der Waals surface area contributed by atoms with E-state index in [4.69, 9.17) is 21.4 Å². The minimum absolute atomic E-state index is 0.236. The highest BCUT2D eigenvalue weighted by molar-refractivity contribution is 9.10. The van der Waals surface area contributed by atoms with Gasteiger partial charge in [-0.1, -0.05) is 12.1 Å². The number of thiocarbonyl (C=S) groups is 1. The third kappa shape index (κ3) is 4.12. The average Bonchev–Trinajstić information content (AvgIpc) is 3.44. The van der Waals surface area contributed by atoms with E-state index in [0.717, 1.165) is 22.7 Å². The maximum atomic E-state index is 13.6. The Hall–Kier alpha value is -3.23. The van der Waals surface area contributed by atoms with Crippen LogP contribution in [0.1, 0.15) is 23.5 Å². The van der Waals surface area contributed by atoms with Crippen LogP contribution in [0, 0.1) is 5.82 Å². The zero-order chi connectivity index (χ0) is 22.9. The normalized spacial score (nSPS) is 17.8. The van der Waals surface area contributed by atoms with Gasteiger partial charge < -0.3 is 19.4 Å². The van der Waals surface area contributed by atoms with Crippen LogP contribution in [0.2, 0.25) is 0 Å². The van der Waals surface area contributed by atoms with Crippen molar-refractivity contribution in [2.45, 2.75) is 12.1 Å². The highest BCUT2D eigenvalue weighted by Crippen LogP contribution is 2.44. The van der Waals surface area contributed by atoms with Crippen molar-refractivity contribution in [3.63, 3.8) is 0 Å². The standard InChI is InChI=1S/C25H19BrFN3O2S/c1-31-17-6-4-5-16(14-17)30-24(23(29-25(30)33)20-7-2-3-12-28-20)22-11-10-21(32-22)18-9-8-15(27)13-19(18)26/h2-14,23-24H,1H3,(H,29,33)/t23-,24-/m0/s1. The van der Waals surface area contributed by atoms with Gasteiger partial charge in [-0.05, 0) is 82.7 Å². The van der Waals surface area contributed by atoms with E-state index in [9.17, 15) is 4.39 Å². The van der Waals surface area contributed by atoms with Gasteiger partial charge >= 0.3 is 0 Å². The fraction of sp³-hybridized carbons (Fsp3) is 0.120. The lowest BCUT2D eigenvalue weighted by atomic mass is 10.0. The monoisotopic (exact) mass is 523 g/mol. The first kappa shape index (κ1) is 21.6. The van der Waals surface area contributed by atoms with E-state index in [-0.39, 0.29) is 17.9 Å². The summed E-state index contributed by atoms with van der Waals surface area (Å²) in [4.78, 5) is 6.57. The van der Waals surface area contributed by atoms with Gasteiger partial charge in [-0.25, -0.2) is 4.39 Å². The third-order valence-corrected chi connectivity index (χ3v) is 6.52. The number of rotatable bonds is 5. The maximum Gasteiger partial charge on any atom is 0.174 e. The predicted octanol–water partition coefficient (Wildman–Crippen LogP) is 6.43. The largest absolute Gasteiger partial charge is 0.497 e. The van der Waals surface area contributed by atoms with Crippen LogP contribution in [0.15, 0.2) is 87.9 Å². The van der Waals surface area contributed by atoms with E-state index in [0.29, 0.717) is 21.1 Å². The highest BCUT2D eigenvalue weighted by atomic mass is 79.9. The molecule has 0 bridgehead atoms. The molecule has 0 spiro atoms. The van der Waals surface area contributed by atoms with Crippen LogP contribution >= 0.6 is 28.1 Å². The minimum atomic E-state index is -0.317. The summed E-state index contributed by atoms with van der Waals surface area (Å²) >= 11 is 9.18. The van der Waals surface area contributed by atoms with Crippen LogP contribution in [0.3, 0.4) is 0 Å². The van der Waals surface area contributed by atoms with E-state index in [1.165, 1.54) is 12.1 Å². The summed E-state index contributed by atoms with van der Waals surface area (Å²) in [5.41, 5.74) is 2.48. The number of pyridine rings is 1. The SMILES string of the molecule is COc1cccc(N2C(=S)N[C@@H](c3ccccn3)[C@@H]2c2ccc(-c3ccc(F)cc3Br)o2)c1. The van der Waals surface area contributed by atoms with Gasteiger partial charge in [0.25, 0.3) is 0 Å². The molecular weight excluding hydrogens is 505 g/mol. The molecule has 5 rings (SSSR count). The molecule has 33 heavy (non-hydrogen) atoms. The van der Waals surface area contributed by atoms with Gasteiger partial charge in [-0.15, -0.1) is 0 Å². The van der Waals surface area contributed by atoms with E-state index < -0.39 is 0 Å². The summed E-state index contributed by atoms with van der Waals surface area (Å²) in [5.74, 6) is 1.74. The summed E-state index contributed by atoms with van der Waals surface area (Å²) < 4.78 is 26.0. The second-order valence-corrected chi connectivity index (χ2v) is 8.77. The van der Waals surface area contributed by atoms with Crippen molar-refractivity contribution in [2.24, 2.45) is 0 Å². The molecule has 0 aliphatic carbocycles. The second kappa shape index (κ2) is 8.96. The molecule has 1 fully saturated rings. The molecule has 166 valence electrons. The number of anilines is 1. The molecule has 0 unspecified atom stereocenters. The van der Waals surface area contributed by atoms with Crippen molar-refractivity contribution in [1.29, 1.82) is 0 Å². The van der Waals surface area contributed by atoms with Crippen LogP contribution in [0.25, 0.3) is 11.3 Å². The van der Waals surface area contributed by atoms with Crippen LogP contribution in [-0.4, -0.2) is 17.2 Å². The molecule has 2 aromatic heterocycles. The number of furan rings is 1. The summed E-state index contributed by atoms with van der Waals surface area (Å²) in [6, 6.07) is 21.3. The lowest BCUT2D eigenvalue weighted by Crippen LogP contribution is -2.29. The first-order chi connectivity index (χ1) is 16.0. The third-order valence-electron chi connectivity index (χ3n) is 5.54. The summed E-state index contributed by atoms with van der Waals surface area (Å²) in [6.45, 7) is 0. The number of ether oxygens (including phenoxy) is 1. The van der Waals surface area contributed by atoms with Crippen molar-refractivity contribution in [2.75, 3.05) is 12.0 Å². The predicted molar refractivity (Wildman–Crippen MR) is 133 cm³/mol. The molecule has 1 saturated heterocycles.